The third kappa shape index (κ3) is 4.28. The van der Waals surface area contributed by atoms with Crippen LogP contribution in [0.2, 0.25) is 18.1 Å². The van der Waals surface area contributed by atoms with Crippen molar-refractivity contribution in [1.82, 2.24) is 0 Å². The van der Waals surface area contributed by atoms with Crippen LogP contribution in [0.4, 0.5) is 0 Å². The first-order chi connectivity index (χ1) is 15.3. The lowest BCUT2D eigenvalue weighted by molar-refractivity contribution is -0.104. The van der Waals surface area contributed by atoms with Gasteiger partial charge in [-0.2, -0.15) is 0 Å². The molecule has 3 fully saturated rings. The average molecular weight is 471 g/mol. The van der Waals surface area contributed by atoms with Gasteiger partial charge in [-0.25, -0.2) is 0 Å². The summed E-state index contributed by atoms with van der Waals surface area (Å²) < 4.78 is 6.90. The molecule has 8 atom stereocenters. The maximum Gasteiger partial charge on any atom is 0.192 e. The molecular weight excluding hydrogens is 420 g/mol. The van der Waals surface area contributed by atoms with Gasteiger partial charge in [-0.15, -0.1) is 0 Å². The zero-order valence-corrected chi connectivity index (χ0v) is 23.7. The molecule has 0 saturated heterocycles. The van der Waals surface area contributed by atoms with Gasteiger partial charge in [0, 0.05) is 6.10 Å². The summed E-state index contributed by atoms with van der Waals surface area (Å²) in [5.74, 6) is 3.79. The maximum absolute atomic E-state index is 10.9. The SMILES string of the molecule is C[C@H](/C=C/C=O)[C@H]1CC[C@H]2[C@@H]3CC=C4C[C@@H](O[Si](C)(C)C(C)(C)C)CC[C@]4(C)[C@H]3CC[C@]12C. The fraction of sp³-hybridized carbons (Fsp3) is 0.833. The highest BCUT2D eigenvalue weighted by Crippen LogP contribution is 2.67. The molecule has 33 heavy (non-hydrogen) atoms. The summed E-state index contributed by atoms with van der Waals surface area (Å²) in [5.41, 5.74) is 2.57. The molecule has 0 aromatic carbocycles. The lowest BCUT2D eigenvalue weighted by Crippen LogP contribution is -2.52. The van der Waals surface area contributed by atoms with Crippen molar-refractivity contribution in [3.05, 3.63) is 23.8 Å². The van der Waals surface area contributed by atoms with Crippen LogP contribution in [-0.2, 0) is 9.22 Å². The quantitative estimate of drug-likeness (QED) is 0.175. The zero-order chi connectivity index (χ0) is 24.2. The topological polar surface area (TPSA) is 26.3 Å². The van der Waals surface area contributed by atoms with Crippen LogP contribution >= 0.6 is 0 Å². The van der Waals surface area contributed by atoms with Gasteiger partial charge in [0.1, 0.15) is 6.29 Å². The van der Waals surface area contributed by atoms with E-state index in [4.69, 9.17) is 4.43 Å². The molecular formula is C30H50O2Si. The van der Waals surface area contributed by atoms with E-state index in [1.165, 1.54) is 51.4 Å². The summed E-state index contributed by atoms with van der Waals surface area (Å²) in [5, 5.41) is 0.282. The molecule has 0 aromatic rings. The highest BCUT2D eigenvalue weighted by atomic mass is 28.4. The Morgan fingerprint density at radius 2 is 1.82 bits per heavy atom. The first-order valence-corrected chi connectivity index (χ1v) is 16.7. The fourth-order valence-electron chi connectivity index (χ4n) is 8.58. The first-order valence-electron chi connectivity index (χ1n) is 13.8. The van der Waals surface area contributed by atoms with Crippen LogP contribution < -0.4 is 0 Å². The number of hydrogen-bond donors (Lipinski definition) is 0. The molecule has 186 valence electrons. The van der Waals surface area contributed by atoms with Gasteiger partial charge in [0.25, 0.3) is 0 Å². The molecule has 0 aliphatic heterocycles. The normalized spacial score (nSPS) is 42.3. The molecule has 3 heteroatoms. The Labute approximate surface area is 205 Å². The Morgan fingerprint density at radius 3 is 2.48 bits per heavy atom. The smallest absolute Gasteiger partial charge is 0.192 e. The molecule has 4 aliphatic carbocycles. The first kappa shape index (κ1) is 25.4. The summed E-state index contributed by atoms with van der Waals surface area (Å²) in [4.78, 5) is 10.9. The van der Waals surface area contributed by atoms with E-state index >= 15 is 0 Å². The molecule has 0 heterocycles. The number of fused-ring (bicyclic) bond motifs is 5. The van der Waals surface area contributed by atoms with Gasteiger partial charge in [0.15, 0.2) is 8.32 Å². The summed E-state index contributed by atoms with van der Waals surface area (Å²) in [7, 11) is -1.72. The molecule has 2 nitrogen and oxygen atoms in total. The van der Waals surface area contributed by atoms with E-state index in [1.54, 1.807) is 11.6 Å². The molecule has 0 amide bonds. The van der Waals surface area contributed by atoms with Crippen molar-refractivity contribution < 1.29 is 9.22 Å². The van der Waals surface area contributed by atoms with Crippen molar-refractivity contribution in [3.63, 3.8) is 0 Å². The second-order valence-corrected chi connectivity index (χ2v) is 18.9. The number of allylic oxidation sites excluding steroid dienone is 3. The van der Waals surface area contributed by atoms with Crippen LogP contribution in [0.1, 0.15) is 92.9 Å². The van der Waals surface area contributed by atoms with E-state index in [1.807, 2.05) is 0 Å². The summed E-state index contributed by atoms with van der Waals surface area (Å²) in [6.45, 7) is 19.5. The van der Waals surface area contributed by atoms with Gasteiger partial charge in [0.05, 0.1) is 0 Å². The minimum atomic E-state index is -1.72. The predicted molar refractivity (Wildman–Crippen MR) is 142 cm³/mol. The molecule has 0 N–H and O–H groups in total. The van der Waals surface area contributed by atoms with Crippen LogP contribution in [0, 0.1) is 40.4 Å². The lowest BCUT2D eigenvalue weighted by Gasteiger charge is -2.59. The Morgan fingerprint density at radius 1 is 1.09 bits per heavy atom. The van der Waals surface area contributed by atoms with E-state index < -0.39 is 8.32 Å². The number of carbonyl (C=O) groups excluding carboxylic acids is 1. The van der Waals surface area contributed by atoms with Crippen LogP contribution in [0.3, 0.4) is 0 Å². The van der Waals surface area contributed by atoms with Crippen LogP contribution in [0.5, 0.6) is 0 Å². The van der Waals surface area contributed by atoms with E-state index in [2.05, 4.69) is 66.8 Å². The minimum absolute atomic E-state index is 0.282. The van der Waals surface area contributed by atoms with Gasteiger partial charge in [-0.1, -0.05) is 59.3 Å². The fourth-order valence-corrected chi connectivity index (χ4v) is 9.97. The van der Waals surface area contributed by atoms with Gasteiger partial charge in [-0.3, -0.25) is 4.79 Å². The van der Waals surface area contributed by atoms with E-state index in [0.29, 0.717) is 22.9 Å². The van der Waals surface area contributed by atoms with Gasteiger partial charge in [0.2, 0.25) is 0 Å². The highest BCUT2D eigenvalue weighted by Gasteiger charge is 2.59. The van der Waals surface area contributed by atoms with Gasteiger partial charge in [-0.05, 0) is 116 Å². The summed E-state index contributed by atoms with van der Waals surface area (Å²) in [6, 6.07) is 0. The van der Waals surface area contributed by atoms with Crippen molar-refractivity contribution in [1.29, 1.82) is 0 Å². The largest absolute Gasteiger partial charge is 0.414 e. The van der Waals surface area contributed by atoms with Crippen molar-refractivity contribution in [2.45, 2.75) is 117 Å². The summed E-state index contributed by atoms with van der Waals surface area (Å²) in [6.07, 6.45) is 18.4. The number of hydrogen-bond acceptors (Lipinski definition) is 2. The zero-order valence-electron chi connectivity index (χ0n) is 22.7. The number of carbonyl (C=O) groups is 1. The lowest BCUT2D eigenvalue weighted by atomic mass is 9.47. The number of aldehydes is 1. The van der Waals surface area contributed by atoms with E-state index in [0.717, 1.165) is 30.0 Å². The van der Waals surface area contributed by atoms with Crippen LogP contribution in [-0.4, -0.2) is 20.7 Å². The number of rotatable bonds is 5. The van der Waals surface area contributed by atoms with Crippen LogP contribution in [0.25, 0.3) is 0 Å². The minimum Gasteiger partial charge on any atom is -0.414 e. The predicted octanol–water partition coefficient (Wildman–Crippen LogP) is 8.35. The molecule has 0 bridgehead atoms. The Balaban J connectivity index is 1.51. The Kier molecular flexibility index (Phi) is 6.75. The maximum atomic E-state index is 10.9. The standard InChI is InChI=1S/C30H50O2Si/c1-21(10-9-19-31)25-13-14-26-24-12-11-22-20-23(32-33(7,8)28(2,3)4)15-17-29(22,5)27(24)16-18-30(25,26)6/h9-11,19,21,23-27H,12-18,20H2,1-8H3/b10-9+/t21-,23+,24+,25-,26+,27+,29+,30-/m1/s1. The second kappa shape index (κ2) is 8.77. The second-order valence-electron chi connectivity index (χ2n) is 14.1. The molecule has 0 spiro atoms. The van der Waals surface area contributed by atoms with Crippen molar-refractivity contribution >= 4 is 14.6 Å². The molecule has 0 aromatic heterocycles. The molecule has 0 radical (unpaired) electrons. The monoisotopic (exact) mass is 470 g/mol. The van der Waals surface area contributed by atoms with Gasteiger partial charge >= 0.3 is 0 Å². The Hall–Kier alpha value is -0.673. The van der Waals surface area contributed by atoms with E-state index in [-0.39, 0.29) is 5.04 Å². The third-order valence-electron chi connectivity index (χ3n) is 11.5. The third-order valence-corrected chi connectivity index (χ3v) is 16.1. The van der Waals surface area contributed by atoms with E-state index in [9.17, 15) is 4.79 Å². The van der Waals surface area contributed by atoms with Crippen molar-refractivity contribution in [2.75, 3.05) is 0 Å². The molecule has 4 aliphatic rings. The van der Waals surface area contributed by atoms with Crippen molar-refractivity contribution in [3.8, 4) is 0 Å². The highest BCUT2D eigenvalue weighted by molar-refractivity contribution is 6.74. The average Bonchev–Trinajstić information content (AvgIpc) is 3.08. The van der Waals surface area contributed by atoms with Crippen LogP contribution in [0.15, 0.2) is 23.8 Å². The molecule has 4 rings (SSSR count). The van der Waals surface area contributed by atoms with Crippen molar-refractivity contribution in [2.24, 2.45) is 40.4 Å². The summed E-state index contributed by atoms with van der Waals surface area (Å²) >= 11 is 0. The van der Waals surface area contributed by atoms with Gasteiger partial charge < -0.3 is 4.43 Å². The Bertz CT molecular complexity index is 805. The molecule has 0 unspecified atom stereocenters. The molecule has 3 saturated carbocycles.